The van der Waals surface area contributed by atoms with Gasteiger partial charge in [0.15, 0.2) is 0 Å². The predicted molar refractivity (Wildman–Crippen MR) is 88.9 cm³/mol. The largest absolute Gasteiger partial charge is 0.481 e. The molecule has 1 aliphatic rings. The molecule has 3 rings (SSSR count). The van der Waals surface area contributed by atoms with E-state index >= 15 is 0 Å². The summed E-state index contributed by atoms with van der Waals surface area (Å²) in [5.74, 6) is 0.416. The Morgan fingerprint density at radius 2 is 2.08 bits per heavy atom. The first kappa shape index (κ1) is 17.1. The molecule has 0 bridgehead atoms. The Balaban J connectivity index is 1.70. The zero-order chi connectivity index (χ0) is 17.8. The number of carbonyl (C=O) groups excluding carboxylic acids is 1. The fourth-order valence-corrected chi connectivity index (χ4v) is 2.69. The Bertz CT molecular complexity index is 741. The number of carbonyl (C=O) groups is 1. The van der Waals surface area contributed by atoms with Gasteiger partial charge in [-0.15, -0.1) is 0 Å². The van der Waals surface area contributed by atoms with Crippen molar-refractivity contribution in [2.45, 2.75) is 19.1 Å². The average Bonchev–Trinajstić information content (AvgIpc) is 2.62. The second-order valence-corrected chi connectivity index (χ2v) is 5.77. The van der Waals surface area contributed by atoms with Crippen molar-refractivity contribution in [3.63, 3.8) is 0 Å². The van der Waals surface area contributed by atoms with Crippen LogP contribution in [0, 0.1) is 5.82 Å². The first-order chi connectivity index (χ1) is 12.0. The molecule has 0 unspecified atom stereocenters. The van der Waals surface area contributed by atoms with Gasteiger partial charge in [0.25, 0.3) is 0 Å². The highest BCUT2D eigenvalue weighted by Gasteiger charge is 2.29. The van der Waals surface area contributed by atoms with E-state index in [2.05, 4.69) is 15.3 Å². The number of rotatable bonds is 3. The molecule has 1 aromatic carbocycles. The summed E-state index contributed by atoms with van der Waals surface area (Å²) in [7, 11) is 1.49. The van der Waals surface area contributed by atoms with Gasteiger partial charge in [-0.2, -0.15) is 0 Å². The maximum atomic E-state index is 13.1. The van der Waals surface area contributed by atoms with Gasteiger partial charge in [-0.1, -0.05) is 12.1 Å². The molecule has 1 saturated heterocycles. The van der Waals surface area contributed by atoms with Gasteiger partial charge in [0.1, 0.15) is 24.1 Å². The highest BCUT2D eigenvalue weighted by molar-refractivity contribution is 5.88. The Morgan fingerprint density at radius 3 is 2.80 bits per heavy atom. The van der Waals surface area contributed by atoms with E-state index in [1.165, 1.54) is 25.6 Å². The van der Waals surface area contributed by atoms with Crippen LogP contribution < -0.4 is 10.1 Å². The number of hydrogen-bond donors (Lipinski definition) is 1. The number of amides is 2. The van der Waals surface area contributed by atoms with Crippen LogP contribution in [0.1, 0.15) is 18.6 Å². The van der Waals surface area contributed by atoms with E-state index in [0.717, 1.165) is 5.56 Å². The maximum Gasteiger partial charge on any atom is 0.323 e. The molecule has 2 aromatic rings. The standard InChI is InChI=1S/C17H19FN4O3/c1-11-8-22(9-14(25-11)12-3-5-13(18)6-4-12)17(23)21-15-7-16(24-2)20-10-19-15/h3-7,10-11,14H,8-9H2,1-2H3,(H,19,20,21,23)/t11-,14+/m1/s1. The van der Waals surface area contributed by atoms with Gasteiger partial charge in [-0.05, 0) is 24.6 Å². The second-order valence-electron chi connectivity index (χ2n) is 5.77. The Hall–Kier alpha value is -2.74. The van der Waals surface area contributed by atoms with Gasteiger partial charge in [0.05, 0.1) is 19.8 Å². The lowest BCUT2D eigenvalue weighted by atomic mass is 10.1. The molecular weight excluding hydrogens is 327 g/mol. The first-order valence-corrected chi connectivity index (χ1v) is 7.88. The molecule has 0 spiro atoms. The van der Waals surface area contributed by atoms with Crippen LogP contribution in [0.25, 0.3) is 0 Å². The lowest BCUT2D eigenvalue weighted by Gasteiger charge is -2.36. The van der Waals surface area contributed by atoms with E-state index < -0.39 is 0 Å². The van der Waals surface area contributed by atoms with Gasteiger partial charge >= 0.3 is 6.03 Å². The summed E-state index contributed by atoms with van der Waals surface area (Å²) >= 11 is 0. The quantitative estimate of drug-likeness (QED) is 0.924. The van der Waals surface area contributed by atoms with Crippen LogP contribution >= 0.6 is 0 Å². The molecule has 0 radical (unpaired) electrons. The maximum absolute atomic E-state index is 13.1. The third-order valence-electron chi connectivity index (χ3n) is 3.88. The van der Waals surface area contributed by atoms with Gasteiger partial charge in [0.2, 0.25) is 5.88 Å². The molecule has 0 aliphatic carbocycles. The number of nitrogens with zero attached hydrogens (tertiary/aromatic N) is 3. The Morgan fingerprint density at radius 1 is 1.32 bits per heavy atom. The average molecular weight is 346 g/mol. The molecule has 132 valence electrons. The number of nitrogens with one attached hydrogen (secondary N) is 1. The number of morpholine rings is 1. The summed E-state index contributed by atoms with van der Waals surface area (Å²) in [4.78, 5) is 22.1. The Labute approximate surface area is 144 Å². The molecule has 1 N–H and O–H groups in total. The zero-order valence-corrected chi connectivity index (χ0v) is 14.0. The highest BCUT2D eigenvalue weighted by atomic mass is 19.1. The van der Waals surface area contributed by atoms with Crippen molar-refractivity contribution < 1.29 is 18.7 Å². The zero-order valence-electron chi connectivity index (χ0n) is 14.0. The van der Waals surface area contributed by atoms with Crippen LogP contribution in [0.5, 0.6) is 5.88 Å². The molecule has 0 saturated carbocycles. The normalized spacial score (nSPS) is 20.2. The van der Waals surface area contributed by atoms with E-state index in [-0.39, 0.29) is 24.1 Å². The minimum atomic E-state index is -0.310. The number of ether oxygens (including phenoxy) is 2. The van der Waals surface area contributed by atoms with Crippen molar-refractivity contribution in [3.05, 3.63) is 48.0 Å². The molecule has 7 nitrogen and oxygen atoms in total. The number of benzene rings is 1. The van der Waals surface area contributed by atoms with Crippen molar-refractivity contribution in [1.29, 1.82) is 0 Å². The van der Waals surface area contributed by atoms with Crippen LogP contribution in [-0.4, -0.2) is 47.2 Å². The van der Waals surface area contributed by atoms with E-state index in [4.69, 9.17) is 9.47 Å². The first-order valence-electron chi connectivity index (χ1n) is 7.88. The molecule has 1 aromatic heterocycles. The number of aromatic nitrogens is 2. The van der Waals surface area contributed by atoms with E-state index in [0.29, 0.717) is 24.8 Å². The van der Waals surface area contributed by atoms with Gasteiger partial charge in [-0.25, -0.2) is 19.2 Å². The third-order valence-corrected chi connectivity index (χ3v) is 3.88. The minimum absolute atomic E-state index is 0.144. The van der Waals surface area contributed by atoms with Crippen molar-refractivity contribution in [2.24, 2.45) is 0 Å². The topological polar surface area (TPSA) is 76.6 Å². The smallest absolute Gasteiger partial charge is 0.323 e. The number of anilines is 1. The van der Waals surface area contributed by atoms with Gasteiger partial charge in [0, 0.05) is 12.6 Å². The van der Waals surface area contributed by atoms with E-state index in [9.17, 15) is 9.18 Å². The lowest BCUT2D eigenvalue weighted by Crippen LogP contribution is -2.47. The van der Waals surface area contributed by atoms with Crippen LogP contribution in [0.3, 0.4) is 0 Å². The molecule has 1 aliphatic heterocycles. The molecule has 1 fully saturated rings. The predicted octanol–water partition coefficient (Wildman–Crippen LogP) is 2.62. The van der Waals surface area contributed by atoms with Crippen LogP contribution in [0.15, 0.2) is 36.7 Å². The van der Waals surface area contributed by atoms with Crippen molar-refractivity contribution >= 4 is 11.8 Å². The molecule has 2 amide bonds. The van der Waals surface area contributed by atoms with Crippen molar-refractivity contribution in [1.82, 2.24) is 14.9 Å². The fourth-order valence-electron chi connectivity index (χ4n) is 2.69. The SMILES string of the molecule is COc1cc(NC(=O)N2C[C@@H](C)O[C@H](c3ccc(F)cc3)C2)ncn1. The van der Waals surface area contributed by atoms with E-state index in [1.54, 1.807) is 23.1 Å². The molecule has 2 heterocycles. The minimum Gasteiger partial charge on any atom is -0.481 e. The van der Waals surface area contributed by atoms with Crippen molar-refractivity contribution in [3.8, 4) is 5.88 Å². The molecule has 8 heteroatoms. The van der Waals surface area contributed by atoms with Crippen molar-refractivity contribution in [2.75, 3.05) is 25.5 Å². The fraction of sp³-hybridized carbons (Fsp3) is 0.353. The number of halogens is 1. The summed E-state index contributed by atoms with van der Waals surface area (Å²) in [6.07, 6.45) is 0.863. The lowest BCUT2D eigenvalue weighted by molar-refractivity contribution is -0.0642. The van der Waals surface area contributed by atoms with Crippen LogP contribution in [0.4, 0.5) is 15.0 Å². The summed E-state index contributed by atoms with van der Waals surface area (Å²) in [6.45, 7) is 2.71. The van der Waals surface area contributed by atoms with Gasteiger partial charge in [-0.3, -0.25) is 5.32 Å². The van der Waals surface area contributed by atoms with Crippen LogP contribution in [-0.2, 0) is 4.74 Å². The summed E-state index contributed by atoms with van der Waals surface area (Å²) in [5, 5.41) is 2.73. The summed E-state index contributed by atoms with van der Waals surface area (Å²) in [6, 6.07) is 7.36. The number of methoxy groups -OCH3 is 1. The second kappa shape index (κ2) is 7.43. The Kier molecular flexibility index (Phi) is 5.08. The molecule has 2 atom stereocenters. The van der Waals surface area contributed by atoms with Crippen LogP contribution in [0.2, 0.25) is 0 Å². The number of hydrogen-bond acceptors (Lipinski definition) is 5. The molecular formula is C17H19FN4O3. The summed E-state index contributed by atoms with van der Waals surface area (Å²) < 4.78 is 24.0. The number of urea groups is 1. The monoisotopic (exact) mass is 346 g/mol. The third kappa shape index (κ3) is 4.21. The molecule has 25 heavy (non-hydrogen) atoms. The van der Waals surface area contributed by atoms with Gasteiger partial charge < -0.3 is 14.4 Å². The van der Waals surface area contributed by atoms with E-state index in [1.807, 2.05) is 6.92 Å². The summed E-state index contributed by atoms with van der Waals surface area (Å²) in [5.41, 5.74) is 0.828. The highest BCUT2D eigenvalue weighted by Crippen LogP contribution is 2.26.